The molecule has 2 N–H and O–H groups in total. The fourth-order valence-corrected chi connectivity index (χ4v) is 4.08. The van der Waals surface area contributed by atoms with Crippen LogP contribution in [-0.4, -0.2) is 36.3 Å². The largest absolute Gasteiger partial charge is 0.348 e. The van der Waals surface area contributed by atoms with Crippen LogP contribution in [0.4, 0.5) is 5.69 Å². The second-order valence-corrected chi connectivity index (χ2v) is 8.31. The molecule has 2 heterocycles. The number of nitrogens with zero attached hydrogens (tertiary/aromatic N) is 1. The van der Waals surface area contributed by atoms with E-state index in [0.29, 0.717) is 18.2 Å². The minimum Gasteiger partial charge on any atom is -0.348 e. The maximum Gasteiger partial charge on any atom is 0.313 e. The molecule has 2 amide bonds. The number of rotatable bonds is 5. The van der Waals surface area contributed by atoms with Gasteiger partial charge in [-0.25, -0.2) is 0 Å². The zero-order chi connectivity index (χ0) is 19.2. The van der Waals surface area contributed by atoms with E-state index in [2.05, 4.69) is 33.0 Å². The average molecular weight is 386 g/mol. The van der Waals surface area contributed by atoms with Gasteiger partial charge in [-0.2, -0.15) is 0 Å². The Labute approximate surface area is 164 Å². The number of likely N-dealkylation sites (tertiary alicyclic amines) is 1. The minimum atomic E-state index is -0.598. The normalized spacial score (nSPS) is 15.5. The minimum absolute atomic E-state index is 0.432. The second-order valence-electron chi connectivity index (χ2n) is 7.28. The van der Waals surface area contributed by atoms with Crippen molar-refractivity contribution >= 4 is 28.8 Å². The molecule has 0 bridgehead atoms. The molecule has 5 nitrogen and oxygen atoms in total. The molecule has 0 spiro atoms. The molecule has 1 aliphatic heterocycles. The van der Waals surface area contributed by atoms with E-state index in [-0.39, 0.29) is 0 Å². The molecule has 1 saturated heterocycles. The van der Waals surface area contributed by atoms with Crippen LogP contribution in [0.1, 0.15) is 28.8 Å². The van der Waals surface area contributed by atoms with Gasteiger partial charge in [-0.15, -0.1) is 11.3 Å². The third-order valence-corrected chi connectivity index (χ3v) is 5.93. The average Bonchev–Trinajstić information content (AvgIpc) is 3.17. The van der Waals surface area contributed by atoms with E-state index in [4.69, 9.17) is 0 Å². The Kier molecular flexibility index (Phi) is 6.63. The van der Waals surface area contributed by atoms with E-state index in [1.165, 1.54) is 4.88 Å². The highest BCUT2D eigenvalue weighted by atomic mass is 32.1. The van der Waals surface area contributed by atoms with Gasteiger partial charge in [0.05, 0.1) is 0 Å². The first-order valence-electron chi connectivity index (χ1n) is 9.42. The summed E-state index contributed by atoms with van der Waals surface area (Å²) < 4.78 is 0. The first-order valence-corrected chi connectivity index (χ1v) is 10.3. The van der Waals surface area contributed by atoms with Gasteiger partial charge in [0, 0.05) is 23.7 Å². The maximum atomic E-state index is 12.1. The number of hydrogen-bond donors (Lipinski definition) is 2. The summed E-state index contributed by atoms with van der Waals surface area (Å²) >= 11 is 1.79. The summed E-state index contributed by atoms with van der Waals surface area (Å²) in [4.78, 5) is 28.1. The highest BCUT2D eigenvalue weighted by Gasteiger charge is 2.21. The van der Waals surface area contributed by atoms with Crippen LogP contribution in [0.2, 0.25) is 0 Å². The first kappa shape index (κ1) is 19.6. The SMILES string of the molecule is Cc1ccc(C)c(NC(=O)C(=O)NCC2CCN(Cc3cccs3)CC2)c1. The molecule has 0 unspecified atom stereocenters. The van der Waals surface area contributed by atoms with E-state index < -0.39 is 11.8 Å². The van der Waals surface area contributed by atoms with E-state index in [9.17, 15) is 9.59 Å². The van der Waals surface area contributed by atoms with Gasteiger partial charge in [-0.05, 0) is 74.3 Å². The summed E-state index contributed by atoms with van der Waals surface area (Å²) in [6.07, 6.45) is 2.09. The van der Waals surface area contributed by atoms with Crippen molar-refractivity contribution in [3.8, 4) is 0 Å². The fraction of sp³-hybridized carbons (Fsp3) is 0.429. The molecule has 6 heteroatoms. The zero-order valence-corrected chi connectivity index (χ0v) is 16.8. The lowest BCUT2D eigenvalue weighted by Crippen LogP contribution is -2.41. The Hall–Kier alpha value is -2.18. The highest BCUT2D eigenvalue weighted by molar-refractivity contribution is 7.09. The number of carbonyl (C=O) groups is 2. The van der Waals surface area contributed by atoms with Crippen molar-refractivity contribution < 1.29 is 9.59 Å². The molecule has 0 atom stereocenters. The smallest absolute Gasteiger partial charge is 0.313 e. The van der Waals surface area contributed by atoms with Gasteiger partial charge in [-0.3, -0.25) is 14.5 Å². The molecule has 1 fully saturated rings. The highest BCUT2D eigenvalue weighted by Crippen LogP contribution is 2.20. The van der Waals surface area contributed by atoms with Gasteiger partial charge in [0.15, 0.2) is 0 Å². The number of carbonyl (C=O) groups excluding carboxylic acids is 2. The molecule has 144 valence electrons. The lowest BCUT2D eigenvalue weighted by molar-refractivity contribution is -0.136. The van der Waals surface area contributed by atoms with Crippen LogP contribution in [-0.2, 0) is 16.1 Å². The summed E-state index contributed by atoms with van der Waals surface area (Å²) in [6, 6.07) is 10.1. The van der Waals surface area contributed by atoms with Crippen LogP contribution in [0.5, 0.6) is 0 Å². The zero-order valence-electron chi connectivity index (χ0n) is 16.0. The van der Waals surface area contributed by atoms with Gasteiger partial charge in [0.1, 0.15) is 0 Å². The summed E-state index contributed by atoms with van der Waals surface area (Å²) in [5.74, 6) is -0.724. The van der Waals surface area contributed by atoms with Crippen molar-refractivity contribution in [3.63, 3.8) is 0 Å². The van der Waals surface area contributed by atoms with Gasteiger partial charge in [0.25, 0.3) is 0 Å². The maximum absolute atomic E-state index is 12.1. The summed E-state index contributed by atoms with van der Waals surface area (Å²) in [7, 11) is 0. The van der Waals surface area contributed by atoms with Crippen molar-refractivity contribution in [3.05, 3.63) is 51.7 Å². The fourth-order valence-electron chi connectivity index (χ4n) is 3.34. The molecule has 27 heavy (non-hydrogen) atoms. The standard InChI is InChI=1S/C21H27N3O2S/c1-15-5-6-16(2)19(12-15)23-21(26)20(25)22-13-17-7-9-24(10-8-17)14-18-4-3-11-27-18/h3-6,11-12,17H,7-10,13-14H2,1-2H3,(H,22,25)(H,23,26). The summed E-state index contributed by atoms with van der Waals surface area (Å²) in [5.41, 5.74) is 2.68. The van der Waals surface area contributed by atoms with E-state index in [1.807, 2.05) is 32.0 Å². The third kappa shape index (κ3) is 5.65. The number of hydrogen-bond acceptors (Lipinski definition) is 4. The topological polar surface area (TPSA) is 61.4 Å². The molecule has 0 aliphatic carbocycles. The second kappa shape index (κ2) is 9.15. The molecule has 1 aromatic heterocycles. The Morgan fingerprint density at radius 1 is 1.15 bits per heavy atom. The number of piperidine rings is 1. The van der Waals surface area contributed by atoms with Crippen molar-refractivity contribution in [1.29, 1.82) is 0 Å². The molecule has 1 aliphatic rings. The monoisotopic (exact) mass is 385 g/mol. The first-order chi connectivity index (χ1) is 13.0. The van der Waals surface area contributed by atoms with Crippen molar-refractivity contribution in [2.75, 3.05) is 25.0 Å². The van der Waals surface area contributed by atoms with Crippen LogP contribution < -0.4 is 10.6 Å². The number of amides is 2. The predicted octanol–water partition coefficient (Wildman–Crippen LogP) is 3.33. The quantitative estimate of drug-likeness (QED) is 0.776. The van der Waals surface area contributed by atoms with Crippen LogP contribution in [0.15, 0.2) is 35.7 Å². The number of aryl methyl sites for hydroxylation is 2. The molecule has 0 radical (unpaired) electrons. The lowest BCUT2D eigenvalue weighted by atomic mass is 9.96. The van der Waals surface area contributed by atoms with E-state index >= 15 is 0 Å². The number of benzene rings is 1. The predicted molar refractivity (Wildman–Crippen MR) is 110 cm³/mol. The number of thiophene rings is 1. The van der Waals surface area contributed by atoms with E-state index in [1.54, 1.807) is 11.3 Å². The molecule has 0 saturated carbocycles. The van der Waals surface area contributed by atoms with Gasteiger partial charge in [-0.1, -0.05) is 18.2 Å². The Morgan fingerprint density at radius 2 is 1.93 bits per heavy atom. The summed E-state index contributed by atoms with van der Waals surface area (Å²) in [6.45, 7) is 7.51. The van der Waals surface area contributed by atoms with Crippen LogP contribution in [0, 0.1) is 19.8 Å². The Bertz CT molecular complexity index is 781. The molecule has 2 aromatic rings. The van der Waals surface area contributed by atoms with Crippen molar-refractivity contribution in [1.82, 2.24) is 10.2 Å². The van der Waals surface area contributed by atoms with E-state index in [0.717, 1.165) is 43.6 Å². The van der Waals surface area contributed by atoms with Crippen LogP contribution >= 0.6 is 11.3 Å². The van der Waals surface area contributed by atoms with Crippen molar-refractivity contribution in [2.45, 2.75) is 33.2 Å². The molecular weight excluding hydrogens is 358 g/mol. The lowest BCUT2D eigenvalue weighted by Gasteiger charge is -2.31. The summed E-state index contributed by atoms with van der Waals surface area (Å²) in [5, 5.41) is 7.62. The Balaban J connectivity index is 1.40. The molecule has 3 rings (SSSR count). The Morgan fingerprint density at radius 3 is 2.63 bits per heavy atom. The number of nitrogens with one attached hydrogen (secondary N) is 2. The third-order valence-electron chi connectivity index (χ3n) is 5.07. The number of anilines is 1. The van der Waals surface area contributed by atoms with Gasteiger partial charge < -0.3 is 10.6 Å². The van der Waals surface area contributed by atoms with Crippen molar-refractivity contribution in [2.24, 2.45) is 5.92 Å². The molecule has 1 aromatic carbocycles. The van der Waals surface area contributed by atoms with Gasteiger partial charge >= 0.3 is 11.8 Å². The van der Waals surface area contributed by atoms with Crippen LogP contribution in [0.25, 0.3) is 0 Å². The van der Waals surface area contributed by atoms with Crippen LogP contribution in [0.3, 0.4) is 0 Å². The van der Waals surface area contributed by atoms with Gasteiger partial charge in [0.2, 0.25) is 0 Å². The molecular formula is C21H27N3O2S.